The van der Waals surface area contributed by atoms with Crippen LogP contribution in [-0.2, 0) is 10.0 Å². The maximum absolute atomic E-state index is 14.1. The third kappa shape index (κ3) is 4.00. The third-order valence-electron chi connectivity index (χ3n) is 3.03. The van der Waals surface area contributed by atoms with Crippen molar-refractivity contribution in [3.8, 4) is 0 Å². The standard InChI is InChI=1S/C12H15BrFNO5S/c1-3-12(2,6-16)15-21(19,20)9-5-7(13)4-8(10(9)14)11(17)18/h4-5,15-16H,3,6H2,1-2H3,(H,17,18). The molecule has 1 rings (SSSR count). The van der Waals surface area contributed by atoms with E-state index in [0.29, 0.717) is 0 Å². The molecule has 0 radical (unpaired) electrons. The summed E-state index contributed by atoms with van der Waals surface area (Å²) in [5.74, 6) is -2.93. The summed E-state index contributed by atoms with van der Waals surface area (Å²) in [6.07, 6.45) is 0.268. The van der Waals surface area contributed by atoms with E-state index in [9.17, 15) is 22.7 Å². The van der Waals surface area contributed by atoms with Gasteiger partial charge in [0.1, 0.15) is 4.90 Å². The maximum atomic E-state index is 14.1. The molecule has 0 aliphatic carbocycles. The van der Waals surface area contributed by atoms with E-state index in [1.54, 1.807) is 6.92 Å². The molecule has 118 valence electrons. The molecule has 0 saturated heterocycles. The fraction of sp³-hybridized carbons (Fsp3) is 0.417. The zero-order valence-corrected chi connectivity index (χ0v) is 13.8. The lowest BCUT2D eigenvalue weighted by Crippen LogP contribution is -2.48. The summed E-state index contributed by atoms with van der Waals surface area (Å²) in [7, 11) is -4.33. The molecule has 0 amide bonds. The van der Waals surface area contributed by atoms with Crippen LogP contribution in [0.1, 0.15) is 30.6 Å². The van der Waals surface area contributed by atoms with Crippen molar-refractivity contribution in [1.29, 1.82) is 0 Å². The minimum atomic E-state index is -4.33. The first kappa shape index (κ1) is 18.0. The number of hydrogen-bond acceptors (Lipinski definition) is 4. The predicted octanol–water partition coefficient (Wildman–Crippen LogP) is 1.73. The van der Waals surface area contributed by atoms with Crippen molar-refractivity contribution in [2.24, 2.45) is 0 Å². The number of rotatable bonds is 6. The van der Waals surface area contributed by atoms with Crippen molar-refractivity contribution in [3.05, 3.63) is 28.0 Å². The highest BCUT2D eigenvalue weighted by Gasteiger charge is 2.32. The molecule has 9 heteroatoms. The predicted molar refractivity (Wildman–Crippen MR) is 77.2 cm³/mol. The zero-order chi connectivity index (χ0) is 16.4. The number of hydrogen-bond donors (Lipinski definition) is 3. The van der Waals surface area contributed by atoms with Crippen molar-refractivity contribution >= 4 is 31.9 Å². The molecule has 1 aromatic carbocycles. The van der Waals surface area contributed by atoms with Crippen LogP contribution in [0.15, 0.2) is 21.5 Å². The van der Waals surface area contributed by atoms with Gasteiger partial charge in [0, 0.05) is 4.47 Å². The van der Waals surface area contributed by atoms with Crippen LogP contribution in [0.3, 0.4) is 0 Å². The Hall–Kier alpha value is -1.03. The number of halogens is 2. The number of benzene rings is 1. The second-order valence-corrected chi connectivity index (χ2v) is 7.31. The molecular formula is C12H15BrFNO5S. The molecule has 0 spiro atoms. The van der Waals surface area contributed by atoms with E-state index < -0.39 is 44.4 Å². The molecule has 0 saturated carbocycles. The highest BCUT2D eigenvalue weighted by molar-refractivity contribution is 9.10. The van der Waals surface area contributed by atoms with Gasteiger partial charge < -0.3 is 10.2 Å². The van der Waals surface area contributed by atoms with Crippen LogP contribution in [0.2, 0.25) is 0 Å². The van der Waals surface area contributed by atoms with Crippen LogP contribution in [0.5, 0.6) is 0 Å². The fourth-order valence-electron chi connectivity index (χ4n) is 1.51. The van der Waals surface area contributed by atoms with Gasteiger partial charge in [-0.15, -0.1) is 0 Å². The van der Waals surface area contributed by atoms with E-state index in [2.05, 4.69) is 20.7 Å². The van der Waals surface area contributed by atoms with Gasteiger partial charge in [0.05, 0.1) is 17.7 Å². The number of aliphatic hydroxyl groups is 1. The Morgan fingerprint density at radius 2 is 2.05 bits per heavy atom. The first-order chi connectivity index (χ1) is 9.56. The molecule has 6 nitrogen and oxygen atoms in total. The summed E-state index contributed by atoms with van der Waals surface area (Å²) >= 11 is 2.95. The first-order valence-corrected chi connectivity index (χ1v) is 8.21. The number of carboxylic acids is 1. The van der Waals surface area contributed by atoms with Gasteiger partial charge in [-0.05, 0) is 25.5 Å². The van der Waals surface area contributed by atoms with Gasteiger partial charge in [-0.25, -0.2) is 22.3 Å². The molecule has 0 aromatic heterocycles. The van der Waals surface area contributed by atoms with E-state index in [0.717, 1.165) is 12.1 Å². The molecule has 0 fully saturated rings. The minimum absolute atomic E-state index is 0.115. The van der Waals surface area contributed by atoms with E-state index >= 15 is 0 Å². The molecule has 0 bridgehead atoms. The summed E-state index contributed by atoms with van der Waals surface area (Å²) in [6, 6.07) is 1.94. The second-order valence-electron chi connectivity index (χ2n) is 4.75. The van der Waals surface area contributed by atoms with Crippen LogP contribution in [0.25, 0.3) is 0 Å². The SMILES string of the molecule is CCC(C)(CO)NS(=O)(=O)c1cc(Br)cc(C(=O)O)c1F. The quantitative estimate of drug-likeness (QED) is 0.693. The molecule has 1 atom stereocenters. The Morgan fingerprint density at radius 1 is 1.48 bits per heavy atom. The highest BCUT2D eigenvalue weighted by atomic mass is 79.9. The molecular weight excluding hydrogens is 369 g/mol. The Balaban J connectivity index is 3.42. The average molecular weight is 384 g/mol. The van der Waals surface area contributed by atoms with Gasteiger partial charge in [0.25, 0.3) is 0 Å². The number of nitrogens with one attached hydrogen (secondary N) is 1. The van der Waals surface area contributed by atoms with Crippen molar-refractivity contribution in [3.63, 3.8) is 0 Å². The highest BCUT2D eigenvalue weighted by Crippen LogP contribution is 2.25. The van der Waals surface area contributed by atoms with Crippen molar-refractivity contribution < 1.29 is 27.8 Å². The van der Waals surface area contributed by atoms with Crippen LogP contribution in [0.4, 0.5) is 4.39 Å². The Morgan fingerprint density at radius 3 is 2.48 bits per heavy atom. The van der Waals surface area contributed by atoms with Gasteiger partial charge in [-0.1, -0.05) is 22.9 Å². The number of carboxylic acid groups (broad SMARTS) is 1. The van der Waals surface area contributed by atoms with Crippen molar-refractivity contribution in [2.75, 3.05) is 6.61 Å². The van der Waals surface area contributed by atoms with Gasteiger partial charge in [-0.2, -0.15) is 0 Å². The lowest BCUT2D eigenvalue weighted by molar-refractivity contribution is 0.0691. The van der Waals surface area contributed by atoms with E-state index in [4.69, 9.17) is 5.11 Å². The monoisotopic (exact) mass is 383 g/mol. The Kier molecular flexibility index (Phi) is 5.48. The molecule has 0 aliphatic heterocycles. The summed E-state index contributed by atoms with van der Waals surface area (Å²) in [5.41, 5.74) is -1.93. The van der Waals surface area contributed by atoms with E-state index in [-0.39, 0.29) is 10.9 Å². The van der Waals surface area contributed by atoms with Gasteiger partial charge >= 0.3 is 5.97 Å². The normalized spacial score (nSPS) is 14.7. The molecule has 21 heavy (non-hydrogen) atoms. The Labute approximate surface area is 130 Å². The fourth-order valence-corrected chi connectivity index (χ4v) is 3.72. The zero-order valence-electron chi connectivity index (χ0n) is 11.4. The second kappa shape index (κ2) is 6.39. The molecule has 3 N–H and O–H groups in total. The summed E-state index contributed by atoms with van der Waals surface area (Å²) in [4.78, 5) is 10.1. The van der Waals surface area contributed by atoms with Gasteiger partial charge in [0.2, 0.25) is 10.0 Å². The number of sulfonamides is 1. The molecule has 1 unspecified atom stereocenters. The smallest absolute Gasteiger partial charge is 0.338 e. The number of aliphatic hydroxyl groups excluding tert-OH is 1. The van der Waals surface area contributed by atoms with Crippen LogP contribution >= 0.6 is 15.9 Å². The van der Waals surface area contributed by atoms with Crippen molar-refractivity contribution in [1.82, 2.24) is 4.72 Å². The van der Waals surface area contributed by atoms with Crippen LogP contribution < -0.4 is 4.72 Å². The third-order valence-corrected chi connectivity index (χ3v) is 5.13. The number of carbonyl (C=O) groups is 1. The van der Waals surface area contributed by atoms with Gasteiger partial charge in [0.15, 0.2) is 5.82 Å². The average Bonchev–Trinajstić information content (AvgIpc) is 2.39. The largest absolute Gasteiger partial charge is 0.478 e. The first-order valence-electron chi connectivity index (χ1n) is 5.93. The number of aromatic carboxylic acids is 1. The summed E-state index contributed by atoms with van der Waals surface area (Å²) < 4.78 is 40.9. The molecule has 1 aromatic rings. The lowest BCUT2D eigenvalue weighted by Gasteiger charge is -2.27. The molecule has 0 heterocycles. The lowest BCUT2D eigenvalue weighted by atomic mass is 10.0. The van der Waals surface area contributed by atoms with Crippen LogP contribution in [-0.4, -0.2) is 36.7 Å². The van der Waals surface area contributed by atoms with Crippen molar-refractivity contribution in [2.45, 2.75) is 30.7 Å². The van der Waals surface area contributed by atoms with E-state index in [1.165, 1.54) is 6.92 Å². The van der Waals surface area contributed by atoms with E-state index in [1.807, 2.05) is 0 Å². The summed E-state index contributed by atoms with van der Waals surface area (Å²) in [5, 5.41) is 18.1. The minimum Gasteiger partial charge on any atom is -0.478 e. The Bertz CT molecular complexity index is 658. The molecule has 0 aliphatic rings. The summed E-state index contributed by atoms with van der Waals surface area (Å²) in [6.45, 7) is 2.63. The topological polar surface area (TPSA) is 104 Å². The van der Waals surface area contributed by atoms with Crippen LogP contribution in [0, 0.1) is 5.82 Å². The van der Waals surface area contributed by atoms with Gasteiger partial charge in [-0.3, -0.25) is 0 Å². The maximum Gasteiger partial charge on any atom is 0.338 e.